The Morgan fingerprint density at radius 3 is 2.48 bits per heavy atom. The molecule has 4 rings (SSSR count). The van der Waals surface area contributed by atoms with Gasteiger partial charge < -0.3 is 4.57 Å². The molecule has 0 bridgehead atoms. The summed E-state index contributed by atoms with van der Waals surface area (Å²) in [5, 5.41) is 21.3. The van der Waals surface area contributed by atoms with Crippen LogP contribution in [0.2, 0.25) is 0 Å². The van der Waals surface area contributed by atoms with Gasteiger partial charge >= 0.3 is 0 Å². The van der Waals surface area contributed by atoms with Crippen LogP contribution in [-0.4, -0.2) is 35.0 Å². The number of para-hydroxylation sites is 1. The van der Waals surface area contributed by atoms with E-state index in [0.29, 0.717) is 40.6 Å². The highest BCUT2D eigenvalue weighted by molar-refractivity contribution is 7.98. The van der Waals surface area contributed by atoms with E-state index >= 15 is 0 Å². The van der Waals surface area contributed by atoms with Crippen LogP contribution < -0.4 is 0 Å². The molecule has 0 aliphatic carbocycles. The van der Waals surface area contributed by atoms with Gasteiger partial charge in [0, 0.05) is 6.54 Å². The molecule has 0 aliphatic heterocycles. The summed E-state index contributed by atoms with van der Waals surface area (Å²) in [4.78, 5) is 0. The molecule has 2 aromatic carbocycles. The van der Waals surface area contributed by atoms with Crippen LogP contribution >= 0.6 is 11.8 Å². The number of aromatic nitrogens is 7. The number of thioether (sulfide) groups is 1. The molecule has 0 fully saturated rings. The Hall–Kier alpha value is -3.07. The first-order valence-electron chi connectivity index (χ1n) is 9.27. The Morgan fingerprint density at radius 1 is 0.966 bits per heavy atom. The molecular weight excluding hydrogens is 389 g/mol. The third-order valence-electron chi connectivity index (χ3n) is 4.24. The van der Waals surface area contributed by atoms with E-state index in [1.54, 1.807) is 22.9 Å². The normalized spacial score (nSPS) is 11.3. The molecule has 0 N–H and O–H groups in total. The first-order chi connectivity index (χ1) is 14.1. The molecule has 2 aromatic heterocycles. The van der Waals surface area contributed by atoms with Crippen LogP contribution in [0, 0.1) is 11.7 Å². The molecule has 0 saturated heterocycles. The number of hydrogen-bond acceptors (Lipinski definition) is 6. The summed E-state index contributed by atoms with van der Waals surface area (Å²) >= 11 is 1.48. The molecule has 0 aliphatic rings. The molecule has 0 amide bonds. The zero-order valence-corrected chi connectivity index (χ0v) is 16.9. The third-order valence-corrected chi connectivity index (χ3v) is 5.21. The second-order valence-electron chi connectivity index (χ2n) is 6.92. The van der Waals surface area contributed by atoms with Gasteiger partial charge in [-0.05, 0) is 40.6 Å². The van der Waals surface area contributed by atoms with Crippen molar-refractivity contribution >= 4 is 11.8 Å². The minimum atomic E-state index is -0.311. The Labute approximate surface area is 172 Å². The number of hydrogen-bond donors (Lipinski definition) is 0. The molecule has 0 atom stereocenters. The standard InChI is InChI=1S/C20H20FN7S/c1-14(2)12-27-19(16-10-6-7-11-17(16)21)23-24-20(27)29-13-18-22-25-26-28(18)15-8-4-3-5-9-15/h3-11,14H,12-13H2,1-2H3. The Bertz CT molecular complexity index is 1090. The van der Waals surface area contributed by atoms with Crippen molar-refractivity contribution in [3.8, 4) is 17.1 Å². The molecule has 2 heterocycles. The SMILES string of the molecule is CC(C)Cn1c(SCc2nnnn2-c2ccccc2)nnc1-c1ccccc1F. The molecule has 0 radical (unpaired) electrons. The first-order valence-corrected chi connectivity index (χ1v) is 10.3. The molecule has 4 aromatic rings. The average Bonchev–Trinajstić information content (AvgIpc) is 3.34. The van der Waals surface area contributed by atoms with E-state index in [-0.39, 0.29) is 5.82 Å². The highest BCUT2D eigenvalue weighted by Crippen LogP contribution is 2.28. The highest BCUT2D eigenvalue weighted by Gasteiger charge is 2.19. The Morgan fingerprint density at radius 2 is 1.72 bits per heavy atom. The fraction of sp³-hybridized carbons (Fsp3) is 0.250. The van der Waals surface area contributed by atoms with Crippen LogP contribution in [0.5, 0.6) is 0 Å². The smallest absolute Gasteiger partial charge is 0.191 e. The van der Waals surface area contributed by atoms with E-state index in [1.807, 2.05) is 34.9 Å². The number of rotatable bonds is 7. The molecule has 0 unspecified atom stereocenters. The summed E-state index contributed by atoms with van der Waals surface area (Å²) in [5.41, 5.74) is 1.34. The van der Waals surface area contributed by atoms with Crippen molar-refractivity contribution < 1.29 is 4.39 Å². The van der Waals surface area contributed by atoms with Crippen molar-refractivity contribution in [1.82, 2.24) is 35.0 Å². The van der Waals surface area contributed by atoms with Crippen molar-refractivity contribution in [1.29, 1.82) is 0 Å². The van der Waals surface area contributed by atoms with Gasteiger partial charge in [-0.2, -0.15) is 4.68 Å². The van der Waals surface area contributed by atoms with Crippen LogP contribution in [0.25, 0.3) is 17.1 Å². The zero-order chi connectivity index (χ0) is 20.2. The maximum atomic E-state index is 14.3. The lowest BCUT2D eigenvalue weighted by Crippen LogP contribution is -2.09. The van der Waals surface area contributed by atoms with E-state index in [9.17, 15) is 4.39 Å². The van der Waals surface area contributed by atoms with E-state index in [4.69, 9.17) is 0 Å². The maximum absolute atomic E-state index is 14.3. The molecule has 7 nitrogen and oxygen atoms in total. The maximum Gasteiger partial charge on any atom is 0.191 e. The number of nitrogens with zero attached hydrogens (tertiary/aromatic N) is 7. The van der Waals surface area contributed by atoms with Crippen LogP contribution in [0.1, 0.15) is 19.7 Å². The second kappa shape index (κ2) is 8.52. The summed E-state index contributed by atoms with van der Waals surface area (Å²) < 4.78 is 18.0. The van der Waals surface area contributed by atoms with E-state index < -0.39 is 0 Å². The summed E-state index contributed by atoms with van der Waals surface area (Å²) in [6, 6.07) is 16.3. The van der Waals surface area contributed by atoms with E-state index in [1.165, 1.54) is 17.8 Å². The average molecular weight is 409 g/mol. The van der Waals surface area contributed by atoms with Crippen LogP contribution in [-0.2, 0) is 12.3 Å². The van der Waals surface area contributed by atoms with Crippen LogP contribution in [0.3, 0.4) is 0 Å². The summed E-state index contributed by atoms with van der Waals surface area (Å²) in [6.07, 6.45) is 0. The number of halogens is 1. The lowest BCUT2D eigenvalue weighted by molar-refractivity contribution is 0.496. The van der Waals surface area contributed by atoms with Gasteiger partial charge in [0.15, 0.2) is 16.8 Å². The topological polar surface area (TPSA) is 74.3 Å². The molecule has 0 saturated carbocycles. The lowest BCUT2D eigenvalue weighted by Gasteiger charge is -2.12. The van der Waals surface area contributed by atoms with E-state index in [2.05, 4.69) is 39.6 Å². The van der Waals surface area contributed by atoms with Gasteiger partial charge in [-0.1, -0.05) is 55.9 Å². The van der Waals surface area contributed by atoms with Gasteiger partial charge in [-0.15, -0.1) is 15.3 Å². The Kier molecular flexibility index (Phi) is 5.66. The predicted octanol–water partition coefficient (Wildman–Crippen LogP) is 4.01. The minimum absolute atomic E-state index is 0.311. The lowest BCUT2D eigenvalue weighted by atomic mass is 10.2. The zero-order valence-electron chi connectivity index (χ0n) is 16.1. The van der Waals surface area contributed by atoms with Crippen molar-refractivity contribution in [2.24, 2.45) is 5.92 Å². The van der Waals surface area contributed by atoms with Gasteiger partial charge in [-0.25, -0.2) is 4.39 Å². The molecule has 0 spiro atoms. The summed E-state index contributed by atoms with van der Waals surface area (Å²) in [5.74, 6) is 1.78. The summed E-state index contributed by atoms with van der Waals surface area (Å²) in [6.45, 7) is 4.90. The molecule has 148 valence electrons. The molecule has 9 heteroatoms. The second-order valence-corrected chi connectivity index (χ2v) is 7.86. The number of benzene rings is 2. The van der Waals surface area contributed by atoms with Gasteiger partial charge in [0.2, 0.25) is 0 Å². The fourth-order valence-electron chi connectivity index (χ4n) is 2.96. The van der Waals surface area contributed by atoms with Gasteiger partial charge in [-0.3, -0.25) is 0 Å². The highest BCUT2D eigenvalue weighted by atomic mass is 32.2. The quantitative estimate of drug-likeness (QED) is 0.430. The molecule has 29 heavy (non-hydrogen) atoms. The number of tetrazole rings is 1. The van der Waals surface area contributed by atoms with Crippen molar-refractivity contribution in [3.63, 3.8) is 0 Å². The van der Waals surface area contributed by atoms with Crippen LogP contribution in [0.15, 0.2) is 59.8 Å². The van der Waals surface area contributed by atoms with Crippen molar-refractivity contribution in [2.45, 2.75) is 31.3 Å². The minimum Gasteiger partial charge on any atom is -0.302 e. The van der Waals surface area contributed by atoms with Crippen LogP contribution in [0.4, 0.5) is 4.39 Å². The summed E-state index contributed by atoms with van der Waals surface area (Å²) in [7, 11) is 0. The fourth-order valence-corrected chi connectivity index (χ4v) is 3.82. The molecular formula is C20H20FN7S. The first kappa shape index (κ1) is 19.3. The largest absolute Gasteiger partial charge is 0.302 e. The van der Waals surface area contributed by atoms with Crippen molar-refractivity contribution in [3.05, 3.63) is 66.2 Å². The van der Waals surface area contributed by atoms with E-state index in [0.717, 1.165) is 5.69 Å². The van der Waals surface area contributed by atoms with Gasteiger partial charge in [0.25, 0.3) is 0 Å². The van der Waals surface area contributed by atoms with Crippen molar-refractivity contribution in [2.75, 3.05) is 0 Å². The third kappa shape index (κ3) is 4.19. The van der Waals surface area contributed by atoms with Gasteiger partial charge in [0.05, 0.1) is 17.0 Å². The monoisotopic (exact) mass is 409 g/mol. The Balaban J connectivity index is 1.62. The van der Waals surface area contributed by atoms with Gasteiger partial charge in [0.1, 0.15) is 5.82 Å². The predicted molar refractivity (Wildman–Crippen MR) is 109 cm³/mol.